The quantitative estimate of drug-likeness (QED) is 0.258. The highest BCUT2D eigenvalue weighted by molar-refractivity contribution is 4.91. The lowest BCUT2D eigenvalue weighted by molar-refractivity contribution is -0.246. The number of rotatable bonds is 7. The van der Waals surface area contributed by atoms with Crippen molar-refractivity contribution in [2.45, 2.75) is 263 Å². The highest BCUT2D eigenvalue weighted by atomic mass is 19.4. The second kappa shape index (κ2) is 23.7. The van der Waals surface area contributed by atoms with Gasteiger partial charge >= 0.3 is 6.18 Å². The molecule has 0 radical (unpaired) electrons. The minimum atomic E-state index is -4.15. The van der Waals surface area contributed by atoms with Crippen LogP contribution in [0.3, 0.4) is 0 Å². The molecule has 1 N–H and O–H groups in total. The van der Waals surface area contributed by atoms with Crippen LogP contribution < -0.4 is 0 Å². The van der Waals surface area contributed by atoms with Crippen molar-refractivity contribution in [3.05, 3.63) is 0 Å². The molecule has 3 saturated carbocycles. The van der Waals surface area contributed by atoms with Crippen molar-refractivity contribution in [2.75, 3.05) is 0 Å². The van der Waals surface area contributed by atoms with Gasteiger partial charge in [0.25, 0.3) is 0 Å². The summed E-state index contributed by atoms with van der Waals surface area (Å²) in [5.41, 5.74) is -3.21. The van der Waals surface area contributed by atoms with Crippen LogP contribution in [-0.4, -0.2) is 22.6 Å². The van der Waals surface area contributed by atoms with E-state index >= 15 is 4.39 Å². The van der Waals surface area contributed by atoms with Gasteiger partial charge in [-0.1, -0.05) is 195 Å². The highest BCUT2D eigenvalue weighted by Gasteiger charge is 2.55. The second-order valence-electron chi connectivity index (χ2n) is 19.4. The molecule has 0 spiro atoms. The maximum atomic E-state index is 17.1. The summed E-state index contributed by atoms with van der Waals surface area (Å²) in [6.45, 7) is 8.02. The molecule has 0 aliphatic heterocycles. The Morgan fingerprint density at radius 2 is 0.769 bits per heavy atom. The Hall–Kier alpha value is -0.320. The summed E-state index contributed by atoms with van der Waals surface area (Å²) in [6, 6.07) is 0. The van der Waals surface area contributed by atoms with Gasteiger partial charge in [-0.05, 0) is 81.0 Å². The van der Waals surface area contributed by atoms with Gasteiger partial charge in [0.1, 0.15) is 5.67 Å². The van der Waals surface area contributed by atoms with Gasteiger partial charge < -0.3 is 5.11 Å². The standard InChI is InChI=1S/C47H86F4O/c1-39(2)44(47(49,50)51)31-21-15-18-28-42(30-20-26-32-44)37-40(3)45(48)33-22-14-11-17-27-43(29-19-16-23-34-45)38-41(4)46(52)35-24-12-9-7-5-6-8-10-13-25-36-46/h39-43,52H,5-38H2,1-4H3. The molecule has 308 valence electrons. The average Bonchev–Trinajstić information content (AvgIpc) is 3.10. The van der Waals surface area contributed by atoms with Crippen LogP contribution in [0.5, 0.6) is 0 Å². The molecule has 3 fully saturated rings. The second-order valence-corrected chi connectivity index (χ2v) is 19.4. The van der Waals surface area contributed by atoms with Crippen LogP contribution in [0.1, 0.15) is 246 Å². The Kier molecular flexibility index (Phi) is 21.0. The first kappa shape index (κ1) is 46.1. The Morgan fingerprint density at radius 1 is 0.462 bits per heavy atom. The molecule has 1 nitrogen and oxygen atoms in total. The van der Waals surface area contributed by atoms with E-state index < -0.39 is 28.8 Å². The number of aliphatic hydroxyl groups is 1. The fourth-order valence-electron chi connectivity index (χ4n) is 11.2. The summed E-state index contributed by atoms with van der Waals surface area (Å²) < 4.78 is 60.1. The van der Waals surface area contributed by atoms with Gasteiger partial charge in [-0.15, -0.1) is 0 Å². The Bertz CT molecular complexity index is 904. The molecule has 0 aromatic heterocycles. The van der Waals surface area contributed by atoms with Gasteiger partial charge in [0.2, 0.25) is 0 Å². The van der Waals surface area contributed by atoms with Crippen molar-refractivity contribution in [3.63, 3.8) is 0 Å². The lowest BCUT2D eigenvalue weighted by Crippen LogP contribution is -2.42. The summed E-state index contributed by atoms with van der Waals surface area (Å²) in [6.07, 6.45) is 30.6. The third-order valence-corrected chi connectivity index (χ3v) is 15.2. The molecule has 3 aliphatic carbocycles. The van der Waals surface area contributed by atoms with E-state index in [-0.39, 0.29) is 18.8 Å². The monoisotopic (exact) mass is 743 g/mol. The predicted octanol–water partition coefficient (Wildman–Crippen LogP) is 16.4. The summed E-state index contributed by atoms with van der Waals surface area (Å²) >= 11 is 0. The van der Waals surface area contributed by atoms with Crippen molar-refractivity contribution < 1.29 is 22.7 Å². The van der Waals surface area contributed by atoms with Gasteiger partial charge in [0.05, 0.1) is 11.0 Å². The average molecular weight is 743 g/mol. The largest absolute Gasteiger partial charge is 0.394 e. The molecule has 0 aromatic carbocycles. The lowest BCUT2D eigenvalue weighted by atomic mass is 9.69. The summed E-state index contributed by atoms with van der Waals surface area (Å²) in [5.74, 6) is 1.03. The van der Waals surface area contributed by atoms with Gasteiger partial charge in [-0.3, -0.25) is 0 Å². The van der Waals surface area contributed by atoms with Gasteiger partial charge in [0.15, 0.2) is 0 Å². The molecular formula is C47H86F4O. The third kappa shape index (κ3) is 15.3. The van der Waals surface area contributed by atoms with Crippen LogP contribution in [0, 0.1) is 35.0 Å². The fraction of sp³-hybridized carbons (Fsp3) is 1.00. The van der Waals surface area contributed by atoms with E-state index in [1.165, 1.54) is 83.5 Å². The number of hydrogen-bond donors (Lipinski definition) is 1. The third-order valence-electron chi connectivity index (χ3n) is 15.2. The summed E-state index contributed by atoms with van der Waals surface area (Å²) in [4.78, 5) is 0. The van der Waals surface area contributed by atoms with Gasteiger partial charge in [-0.2, -0.15) is 13.2 Å². The summed E-state index contributed by atoms with van der Waals surface area (Å²) in [5, 5.41) is 12.1. The first-order valence-corrected chi connectivity index (χ1v) is 23.3. The van der Waals surface area contributed by atoms with E-state index in [2.05, 4.69) is 13.8 Å². The van der Waals surface area contributed by atoms with Gasteiger partial charge in [-0.25, -0.2) is 4.39 Å². The van der Waals surface area contributed by atoms with Gasteiger partial charge in [0, 0.05) is 0 Å². The van der Waals surface area contributed by atoms with Crippen LogP contribution >= 0.6 is 0 Å². The smallest absolute Gasteiger partial charge is 0.390 e. The molecule has 5 heteroatoms. The van der Waals surface area contributed by atoms with E-state index in [1.807, 2.05) is 0 Å². The molecule has 52 heavy (non-hydrogen) atoms. The normalized spacial score (nSPS) is 32.7. The fourth-order valence-corrected chi connectivity index (χ4v) is 11.2. The van der Waals surface area contributed by atoms with Crippen LogP contribution in [0.4, 0.5) is 17.6 Å². The number of halogens is 4. The molecule has 6 unspecified atom stereocenters. The molecule has 3 aliphatic rings. The molecule has 3 rings (SSSR count). The van der Waals surface area contributed by atoms with Crippen LogP contribution in [-0.2, 0) is 0 Å². The van der Waals surface area contributed by atoms with Crippen LogP contribution in [0.25, 0.3) is 0 Å². The highest BCUT2D eigenvalue weighted by Crippen LogP contribution is 2.52. The maximum Gasteiger partial charge on any atom is 0.394 e. The number of hydrogen-bond acceptors (Lipinski definition) is 1. The Morgan fingerprint density at radius 3 is 1.19 bits per heavy atom. The molecule has 0 saturated heterocycles. The van der Waals surface area contributed by atoms with Crippen molar-refractivity contribution >= 4 is 0 Å². The van der Waals surface area contributed by atoms with Crippen molar-refractivity contribution in [1.82, 2.24) is 0 Å². The predicted molar refractivity (Wildman–Crippen MR) is 214 cm³/mol. The van der Waals surface area contributed by atoms with E-state index in [1.54, 1.807) is 13.8 Å². The lowest BCUT2D eigenvalue weighted by Gasteiger charge is -2.40. The molecule has 6 atom stereocenters. The zero-order valence-corrected chi connectivity index (χ0v) is 34.9. The van der Waals surface area contributed by atoms with Crippen molar-refractivity contribution in [1.29, 1.82) is 0 Å². The topological polar surface area (TPSA) is 20.2 Å². The first-order valence-electron chi connectivity index (χ1n) is 23.3. The Balaban J connectivity index is 1.53. The minimum absolute atomic E-state index is 0.00218. The maximum absolute atomic E-state index is 17.1. The van der Waals surface area contributed by atoms with E-state index in [4.69, 9.17) is 0 Å². The first-order chi connectivity index (χ1) is 24.8. The number of alkyl halides is 4. The zero-order chi connectivity index (χ0) is 37.9. The van der Waals surface area contributed by atoms with Crippen LogP contribution in [0.2, 0.25) is 0 Å². The molecule has 0 heterocycles. The molecule has 0 bridgehead atoms. The van der Waals surface area contributed by atoms with E-state index in [0.717, 1.165) is 96.3 Å². The van der Waals surface area contributed by atoms with E-state index in [9.17, 15) is 18.3 Å². The van der Waals surface area contributed by atoms with E-state index in [0.29, 0.717) is 43.4 Å². The van der Waals surface area contributed by atoms with Crippen LogP contribution in [0.15, 0.2) is 0 Å². The Labute approximate surface area is 320 Å². The minimum Gasteiger partial charge on any atom is -0.390 e. The van der Waals surface area contributed by atoms with Crippen molar-refractivity contribution in [2.24, 2.45) is 35.0 Å². The zero-order valence-electron chi connectivity index (χ0n) is 34.9. The molecule has 0 aromatic rings. The molecule has 0 amide bonds. The SMILES string of the molecule is CC(CC1CCCCCCC(F)(C(C)CC2CCCCCC(C(C)C)(C(F)(F)F)CCCC2)CCCCC1)C1(O)CCCCCCCCCCCC1. The van der Waals surface area contributed by atoms with Crippen molar-refractivity contribution in [3.8, 4) is 0 Å². The molecular weight excluding hydrogens is 657 g/mol. The summed E-state index contributed by atoms with van der Waals surface area (Å²) in [7, 11) is 0.